The van der Waals surface area contributed by atoms with Gasteiger partial charge in [-0.15, -0.1) is 0 Å². The van der Waals surface area contributed by atoms with E-state index in [2.05, 4.69) is 10.4 Å². The number of benzene rings is 2. The lowest BCUT2D eigenvalue weighted by molar-refractivity contribution is -0.134. The van der Waals surface area contributed by atoms with Crippen LogP contribution >= 0.6 is 11.6 Å². The van der Waals surface area contributed by atoms with Crippen LogP contribution in [0.25, 0.3) is 23.0 Å². The fourth-order valence-electron chi connectivity index (χ4n) is 2.53. The van der Waals surface area contributed by atoms with Crippen molar-refractivity contribution in [3.8, 4) is 16.9 Å². The van der Waals surface area contributed by atoms with Crippen LogP contribution in [0.5, 0.6) is 0 Å². The molecule has 6 nitrogen and oxygen atoms in total. The first-order chi connectivity index (χ1) is 12.9. The van der Waals surface area contributed by atoms with Crippen molar-refractivity contribution in [2.45, 2.75) is 6.92 Å². The fraction of sp³-hybridized carbons (Fsp3) is 0.0500. The molecule has 3 rings (SSSR count). The second kappa shape index (κ2) is 7.88. The van der Waals surface area contributed by atoms with Crippen LogP contribution in [0.1, 0.15) is 12.5 Å². The zero-order valence-electron chi connectivity index (χ0n) is 14.4. The van der Waals surface area contributed by atoms with Crippen molar-refractivity contribution < 1.29 is 14.7 Å². The van der Waals surface area contributed by atoms with Crippen molar-refractivity contribution in [3.05, 3.63) is 77.1 Å². The normalized spacial score (nSPS) is 11.3. The van der Waals surface area contributed by atoms with Crippen LogP contribution in [-0.2, 0) is 9.59 Å². The summed E-state index contributed by atoms with van der Waals surface area (Å²) in [6.45, 7) is 1.25. The van der Waals surface area contributed by atoms with E-state index in [0.29, 0.717) is 16.3 Å². The number of carboxylic acids is 1. The maximum atomic E-state index is 11.5. The van der Waals surface area contributed by atoms with E-state index < -0.39 is 11.9 Å². The molecule has 1 aromatic heterocycles. The molecule has 0 aliphatic rings. The van der Waals surface area contributed by atoms with Gasteiger partial charge in [0.05, 0.1) is 5.69 Å². The lowest BCUT2D eigenvalue weighted by Gasteiger charge is -2.03. The maximum Gasteiger partial charge on any atom is 0.352 e. The third kappa shape index (κ3) is 4.43. The second-order valence-corrected chi connectivity index (χ2v) is 6.20. The number of hydrogen-bond donors (Lipinski definition) is 2. The number of nitrogens with zero attached hydrogens (tertiary/aromatic N) is 2. The largest absolute Gasteiger partial charge is 0.477 e. The Morgan fingerprint density at radius 1 is 1.11 bits per heavy atom. The summed E-state index contributed by atoms with van der Waals surface area (Å²) in [4.78, 5) is 22.8. The molecule has 1 amide bonds. The summed E-state index contributed by atoms with van der Waals surface area (Å²) in [5.74, 6) is -1.70. The Bertz CT molecular complexity index is 1010. The zero-order valence-corrected chi connectivity index (χ0v) is 15.1. The second-order valence-electron chi connectivity index (χ2n) is 5.76. The van der Waals surface area contributed by atoms with Crippen LogP contribution in [0.4, 0.5) is 0 Å². The van der Waals surface area contributed by atoms with Crippen molar-refractivity contribution >= 4 is 29.6 Å². The summed E-state index contributed by atoms with van der Waals surface area (Å²) < 4.78 is 1.66. The predicted octanol–water partition coefficient (Wildman–Crippen LogP) is 3.75. The predicted molar refractivity (Wildman–Crippen MR) is 103 cm³/mol. The van der Waals surface area contributed by atoms with Gasteiger partial charge in [-0.25, -0.2) is 9.48 Å². The first-order valence-corrected chi connectivity index (χ1v) is 8.45. The summed E-state index contributed by atoms with van der Waals surface area (Å²) in [5, 5.41) is 16.9. The Morgan fingerprint density at radius 3 is 2.37 bits per heavy atom. The average molecular weight is 382 g/mol. The topological polar surface area (TPSA) is 84.2 Å². The van der Waals surface area contributed by atoms with Crippen LogP contribution in [0.3, 0.4) is 0 Å². The molecule has 3 aromatic rings. The van der Waals surface area contributed by atoms with Crippen molar-refractivity contribution in [1.29, 1.82) is 0 Å². The molecule has 2 N–H and O–H groups in total. The molecule has 0 saturated heterocycles. The SMILES string of the molecule is CC(=O)NC(=Cc1cn(-c2ccccc2)nc1-c1ccc(Cl)cc1)C(=O)O. The standard InChI is InChI=1S/C20H16ClN3O3/c1-13(25)22-18(20(26)27)11-15-12-24(17-5-3-2-4-6-17)23-19(15)14-7-9-16(21)10-8-14/h2-12H,1H3,(H,22,25)(H,26,27). The van der Waals surface area contributed by atoms with Crippen LogP contribution in [0.2, 0.25) is 5.02 Å². The van der Waals surface area contributed by atoms with E-state index >= 15 is 0 Å². The molecule has 0 saturated carbocycles. The molecule has 0 atom stereocenters. The molecule has 1 heterocycles. The van der Waals surface area contributed by atoms with Crippen LogP contribution in [0, 0.1) is 0 Å². The van der Waals surface area contributed by atoms with Gasteiger partial charge >= 0.3 is 5.97 Å². The molecule has 0 fully saturated rings. The van der Waals surface area contributed by atoms with E-state index in [1.807, 2.05) is 30.3 Å². The Balaban J connectivity index is 2.15. The number of amides is 1. The highest BCUT2D eigenvalue weighted by Gasteiger charge is 2.15. The smallest absolute Gasteiger partial charge is 0.352 e. The number of aromatic nitrogens is 2. The maximum absolute atomic E-state index is 11.5. The first-order valence-electron chi connectivity index (χ1n) is 8.07. The minimum absolute atomic E-state index is 0.231. The Kier molecular flexibility index (Phi) is 5.38. The molecule has 0 bridgehead atoms. The highest BCUT2D eigenvalue weighted by atomic mass is 35.5. The number of aliphatic carboxylic acids is 1. The molecule has 136 valence electrons. The van der Waals surface area contributed by atoms with Gasteiger partial charge < -0.3 is 10.4 Å². The van der Waals surface area contributed by atoms with Gasteiger partial charge in [0.1, 0.15) is 11.4 Å². The van der Waals surface area contributed by atoms with Gasteiger partial charge in [0.2, 0.25) is 5.91 Å². The van der Waals surface area contributed by atoms with Crippen molar-refractivity contribution in [1.82, 2.24) is 15.1 Å². The summed E-state index contributed by atoms with van der Waals surface area (Å²) in [7, 11) is 0. The summed E-state index contributed by atoms with van der Waals surface area (Å²) in [5.41, 5.74) is 2.48. The number of hydrogen-bond acceptors (Lipinski definition) is 3. The number of nitrogens with one attached hydrogen (secondary N) is 1. The van der Waals surface area contributed by atoms with Gasteiger partial charge in [-0.2, -0.15) is 5.10 Å². The number of carboxylic acid groups (broad SMARTS) is 1. The minimum Gasteiger partial charge on any atom is -0.477 e. The van der Waals surface area contributed by atoms with Gasteiger partial charge in [0.15, 0.2) is 0 Å². The lowest BCUT2D eigenvalue weighted by Crippen LogP contribution is -2.24. The number of carbonyl (C=O) groups is 2. The lowest BCUT2D eigenvalue weighted by atomic mass is 10.1. The summed E-state index contributed by atoms with van der Waals surface area (Å²) in [6, 6.07) is 16.5. The van der Waals surface area contributed by atoms with Gasteiger partial charge in [-0.05, 0) is 30.3 Å². The number of para-hydroxylation sites is 1. The first kappa shape index (κ1) is 18.4. The van der Waals surface area contributed by atoms with E-state index in [-0.39, 0.29) is 5.70 Å². The highest BCUT2D eigenvalue weighted by molar-refractivity contribution is 6.30. The number of halogens is 1. The molecule has 0 aliphatic carbocycles. The van der Waals surface area contributed by atoms with Crippen LogP contribution < -0.4 is 5.32 Å². The molecular weight excluding hydrogens is 366 g/mol. The summed E-state index contributed by atoms with van der Waals surface area (Å²) >= 11 is 5.96. The fourth-order valence-corrected chi connectivity index (χ4v) is 2.66. The van der Waals surface area contributed by atoms with Crippen LogP contribution in [0.15, 0.2) is 66.5 Å². The molecule has 0 aliphatic heterocycles. The van der Waals surface area contributed by atoms with Gasteiger partial charge in [0, 0.05) is 29.3 Å². The molecule has 0 spiro atoms. The minimum atomic E-state index is -1.24. The third-order valence-electron chi connectivity index (χ3n) is 3.72. The Hall–Kier alpha value is -3.38. The zero-order chi connectivity index (χ0) is 19.4. The highest BCUT2D eigenvalue weighted by Crippen LogP contribution is 2.26. The number of carbonyl (C=O) groups excluding carboxylic acids is 1. The third-order valence-corrected chi connectivity index (χ3v) is 3.97. The van der Waals surface area contributed by atoms with E-state index in [4.69, 9.17) is 11.6 Å². The van der Waals surface area contributed by atoms with Crippen molar-refractivity contribution in [3.63, 3.8) is 0 Å². The van der Waals surface area contributed by atoms with Crippen LogP contribution in [-0.4, -0.2) is 26.8 Å². The van der Waals surface area contributed by atoms with Crippen molar-refractivity contribution in [2.75, 3.05) is 0 Å². The molecule has 7 heteroatoms. The van der Waals surface area contributed by atoms with Crippen molar-refractivity contribution in [2.24, 2.45) is 0 Å². The number of rotatable bonds is 5. The molecule has 2 aromatic carbocycles. The average Bonchev–Trinajstić information content (AvgIpc) is 3.06. The van der Waals surface area contributed by atoms with Gasteiger partial charge in [0.25, 0.3) is 0 Å². The molecule has 0 radical (unpaired) electrons. The Labute approximate surface area is 160 Å². The van der Waals surface area contributed by atoms with E-state index in [0.717, 1.165) is 11.3 Å². The molecule has 0 unspecified atom stereocenters. The van der Waals surface area contributed by atoms with E-state index in [1.165, 1.54) is 13.0 Å². The molecular formula is C20H16ClN3O3. The quantitative estimate of drug-likeness (QED) is 0.659. The monoisotopic (exact) mass is 381 g/mol. The Morgan fingerprint density at radius 2 is 1.78 bits per heavy atom. The van der Waals surface area contributed by atoms with E-state index in [1.54, 1.807) is 35.1 Å². The van der Waals surface area contributed by atoms with Gasteiger partial charge in [-0.3, -0.25) is 4.79 Å². The molecule has 27 heavy (non-hydrogen) atoms. The van der Waals surface area contributed by atoms with Gasteiger partial charge in [-0.1, -0.05) is 41.9 Å². The summed E-state index contributed by atoms with van der Waals surface area (Å²) in [6.07, 6.45) is 3.10. The van der Waals surface area contributed by atoms with E-state index in [9.17, 15) is 14.7 Å².